The smallest absolute Gasteiger partial charge is 0.270 e. The van der Waals surface area contributed by atoms with Crippen molar-refractivity contribution in [2.75, 3.05) is 5.32 Å². The molecule has 26 heavy (non-hydrogen) atoms. The molecular weight excluding hydrogens is 332 g/mol. The second-order valence-electron chi connectivity index (χ2n) is 6.06. The molecule has 3 aromatic rings. The second kappa shape index (κ2) is 7.23. The molecule has 0 heterocycles. The van der Waals surface area contributed by atoms with Crippen molar-refractivity contribution in [3.63, 3.8) is 0 Å². The number of aryl methyl sites for hydroxylation is 1. The standard InChI is InChI=1S/C20H18N2O4/c1-2-3-13-4-9-19(23)18(10-13)20(24)21-16-7-5-15-12-17(22(25)26)8-6-14(15)11-16/h4-12,23H,2-3H2,1H3,(H,21,24). The number of fused-ring (bicyclic) bond motifs is 1. The average molecular weight is 350 g/mol. The van der Waals surface area contributed by atoms with Gasteiger partial charge >= 0.3 is 0 Å². The van der Waals surface area contributed by atoms with Crippen LogP contribution in [0.15, 0.2) is 54.6 Å². The van der Waals surface area contributed by atoms with Crippen molar-refractivity contribution < 1.29 is 14.8 Å². The Bertz CT molecular complexity index is 998. The van der Waals surface area contributed by atoms with Gasteiger partial charge in [-0.1, -0.05) is 25.5 Å². The van der Waals surface area contributed by atoms with Crippen LogP contribution in [0.2, 0.25) is 0 Å². The van der Waals surface area contributed by atoms with Gasteiger partial charge in [0.1, 0.15) is 5.75 Å². The molecule has 0 saturated carbocycles. The number of phenols is 1. The Balaban J connectivity index is 1.86. The largest absolute Gasteiger partial charge is 0.507 e. The second-order valence-corrected chi connectivity index (χ2v) is 6.06. The first-order valence-corrected chi connectivity index (χ1v) is 8.29. The van der Waals surface area contributed by atoms with Crippen LogP contribution in [0.3, 0.4) is 0 Å². The van der Waals surface area contributed by atoms with E-state index in [1.165, 1.54) is 18.2 Å². The van der Waals surface area contributed by atoms with E-state index in [-0.39, 0.29) is 17.0 Å². The van der Waals surface area contributed by atoms with Gasteiger partial charge in [0.25, 0.3) is 11.6 Å². The van der Waals surface area contributed by atoms with Crippen LogP contribution >= 0.6 is 0 Å². The predicted octanol–water partition coefficient (Wildman–Crippen LogP) is 4.66. The van der Waals surface area contributed by atoms with E-state index >= 15 is 0 Å². The first-order valence-electron chi connectivity index (χ1n) is 8.29. The molecule has 132 valence electrons. The van der Waals surface area contributed by atoms with Crippen LogP contribution in [0.1, 0.15) is 29.3 Å². The van der Waals surface area contributed by atoms with Crippen molar-refractivity contribution in [3.8, 4) is 5.75 Å². The summed E-state index contributed by atoms with van der Waals surface area (Å²) >= 11 is 0. The SMILES string of the molecule is CCCc1ccc(O)c(C(=O)Nc2ccc3cc([N+](=O)[O-])ccc3c2)c1. The lowest BCUT2D eigenvalue weighted by Crippen LogP contribution is -2.12. The maximum atomic E-state index is 12.5. The van der Waals surface area contributed by atoms with Gasteiger partial charge in [0.2, 0.25) is 0 Å². The monoisotopic (exact) mass is 350 g/mol. The van der Waals surface area contributed by atoms with Gasteiger partial charge < -0.3 is 10.4 Å². The van der Waals surface area contributed by atoms with Gasteiger partial charge in [-0.15, -0.1) is 0 Å². The normalized spacial score (nSPS) is 10.7. The molecule has 6 nitrogen and oxygen atoms in total. The van der Waals surface area contributed by atoms with Gasteiger partial charge in [0.15, 0.2) is 0 Å². The van der Waals surface area contributed by atoms with E-state index in [9.17, 15) is 20.0 Å². The molecule has 3 rings (SSSR count). The number of non-ortho nitro benzene ring substituents is 1. The third-order valence-corrected chi connectivity index (χ3v) is 4.14. The summed E-state index contributed by atoms with van der Waals surface area (Å²) in [4.78, 5) is 22.9. The van der Waals surface area contributed by atoms with E-state index in [1.807, 2.05) is 6.92 Å². The summed E-state index contributed by atoms with van der Waals surface area (Å²) in [7, 11) is 0. The number of benzene rings is 3. The molecular formula is C20H18N2O4. The zero-order valence-electron chi connectivity index (χ0n) is 14.2. The first-order chi connectivity index (χ1) is 12.5. The average Bonchev–Trinajstić information content (AvgIpc) is 2.62. The zero-order valence-corrected chi connectivity index (χ0v) is 14.2. The third-order valence-electron chi connectivity index (χ3n) is 4.14. The van der Waals surface area contributed by atoms with Gasteiger partial charge in [0, 0.05) is 17.8 Å². The number of hydrogen-bond donors (Lipinski definition) is 2. The summed E-state index contributed by atoms with van der Waals surface area (Å²) in [6.45, 7) is 2.05. The molecule has 1 amide bonds. The van der Waals surface area contributed by atoms with Crippen LogP contribution in [0.5, 0.6) is 5.75 Å². The number of carbonyl (C=O) groups excluding carboxylic acids is 1. The molecule has 0 atom stereocenters. The summed E-state index contributed by atoms with van der Waals surface area (Å²) < 4.78 is 0. The van der Waals surface area contributed by atoms with Crippen molar-refractivity contribution in [2.45, 2.75) is 19.8 Å². The minimum atomic E-state index is -0.443. The Labute approximate surface area is 150 Å². The summed E-state index contributed by atoms with van der Waals surface area (Å²) in [5.74, 6) is -0.472. The maximum absolute atomic E-state index is 12.5. The Morgan fingerprint density at radius 3 is 2.54 bits per heavy atom. The Morgan fingerprint density at radius 1 is 1.08 bits per heavy atom. The van der Waals surface area contributed by atoms with Crippen LogP contribution in [0, 0.1) is 10.1 Å². The van der Waals surface area contributed by atoms with Crippen LogP contribution in [-0.2, 0) is 6.42 Å². The Morgan fingerprint density at radius 2 is 1.81 bits per heavy atom. The van der Waals surface area contributed by atoms with E-state index in [2.05, 4.69) is 5.32 Å². The molecule has 0 saturated heterocycles. The number of nitro benzene ring substituents is 1. The van der Waals surface area contributed by atoms with Gasteiger partial charge in [-0.3, -0.25) is 14.9 Å². The predicted molar refractivity (Wildman–Crippen MR) is 101 cm³/mol. The molecule has 0 aliphatic heterocycles. The summed E-state index contributed by atoms with van der Waals surface area (Å²) in [5, 5.41) is 25.1. The molecule has 0 aromatic heterocycles. The lowest BCUT2D eigenvalue weighted by Gasteiger charge is -2.09. The fourth-order valence-corrected chi connectivity index (χ4v) is 2.83. The number of nitro groups is 1. The molecule has 2 N–H and O–H groups in total. The molecule has 0 unspecified atom stereocenters. The third kappa shape index (κ3) is 3.64. The van der Waals surface area contributed by atoms with Gasteiger partial charge in [0.05, 0.1) is 10.5 Å². The maximum Gasteiger partial charge on any atom is 0.270 e. The molecule has 0 spiro atoms. The van der Waals surface area contributed by atoms with Gasteiger partial charge in [-0.25, -0.2) is 0 Å². The fourth-order valence-electron chi connectivity index (χ4n) is 2.83. The quantitative estimate of drug-likeness (QED) is 0.517. The number of hydrogen-bond acceptors (Lipinski definition) is 4. The summed E-state index contributed by atoms with van der Waals surface area (Å²) in [6.07, 6.45) is 1.78. The number of anilines is 1. The minimum absolute atomic E-state index is 0.0203. The van der Waals surface area contributed by atoms with E-state index in [4.69, 9.17) is 0 Å². The molecule has 0 aliphatic carbocycles. The van der Waals surface area contributed by atoms with E-state index in [0.717, 1.165) is 23.8 Å². The van der Waals surface area contributed by atoms with E-state index < -0.39 is 10.8 Å². The summed E-state index contributed by atoms with van der Waals surface area (Å²) in [5.41, 5.74) is 1.78. The number of amides is 1. The molecule has 6 heteroatoms. The number of phenolic OH excluding ortho intramolecular Hbond substituents is 1. The van der Waals surface area contributed by atoms with Crippen LogP contribution < -0.4 is 5.32 Å². The highest BCUT2D eigenvalue weighted by molar-refractivity contribution is 6.07. The lowest BCUT2D eigenvalue weighted by molar-refractivity contribution is -0.384. The fraction of sp³-hybridized carbons (Fsp3) is 0.150. The molecule has 0 radical (unpaired) electrons. The van der Waals surface area contributed by atoms with E-state index in [0.29, 0.717) is 11.1 Å². The zero-order chi connectivity index (χ0) is 18.7. The van der Waals surface area contributed by atoms with E-state index in [1.54, 1.807) is 36.4 Å². The number of carbonyl (C=O) groups is 1. The van der Waals surface area contributed by atoms with Crippen LogP contribution in [-0.4, -0.2) is 15.9 Å². The number of nitrogens with one attached hydrogen (secondary N) is 1. The topological polar surface area (TPSA) is 92.5 Å². The van der Waals surface area contributed by atoms with Crippen molar-refractivity contribution in [1.82, 2.24) is 0 Å². The first kappa shape index (κ1) is 17.4. The van der Waals surface area contributed by atoms with Crippen molar-refractivity contribution in [1.29, 1.82) is 0 Å². The minimum Gasteiger partial charge on any atom is -0.507 e. The highest BCUT2D eigenvalue weighted by atomic mass is 16.6. The summed E-state index contributed by atoms with van der Waals surface area (Å²) in [6, 6.07) is 14.7. The number of rotatable bonds is 5. The number of aromatic hydroxyl groups is 1. The Hall–Kier alpha value is -3.41. The van der Waals surface area contributed by atoms with Gasteiger partial charge in [-0.2, -0.15) is 0 Å². The van der Waals surface area contributed by atoms with Crippen molar-refractivity contribution >= 4 is 28.1 Å². The molecule has 3 aromatic carbocycles. The van der Waals surface area contributed by atoms with Crippen molar-refractivity contribution in [3.05, 3.63) is 75.8 Å². The van der Waals surface area contributed by atoms with Crippen LogP contribution in [0.25, 0.3) is 10.8 Å². The highest BCUT2D eigenvalue weighted by Crippen LogP contribution is 2.25. The lowest BCUT2D eigenvalue weighted by atomic mass is 10.0. The highest BCUT2D eigenvalue weighted by Gasteiger charge is 2.13. The molecule has 0 fully saturated rings. The molecule has 0 aliphatic rings. The molecule has 0 bridgehead atoms. The Kier molecular flexibility index (Phi) is 4.84. The number of nitrogens with zero attached hydrogens (tertiary/aromatic N) is 1. The van der Waals surface area contributed by atoms with Crippen molar-refractivity contribution in [2.24, 2.45) is 0 Å². The van der Waals surface area contributed by atoms with Gasteiger partial charge in [-0.05, 0) is 53.1 Å². The van der Waals surface area contributed by atoms with Crippen LogP contribution in [0.4, 0.5) is 11.4 Å².